The van der Waals surface area contributed by atoms with Crippen LogP contribution in [0.15, 0.2) is 18.3 Å². The summed E-state index contributed by atoms with van der Waals surface area (Å²) in [5, 5.41) is 9.32. The molecule has 0 amide bonds. The van der Waals surface area contributed by atoms with Crippen LogP contribution in [0.1, 0.15) is 18.6 Å². The van der Waals surface area contributed by atoms with Gasteiger partial charge in [-0.25, -0.2) is 4.98 Å². The van der Waals surface area contributed by atoms with E-state index in [2.05, 4.69) is 4.98 Å². The summed E-state index contributed by atoms with van der Waals surface area (Å²) in [6.07, 6.45) is 1.24. The van der Waals surface area contributed by atoms with E-state index in [0.717, 1.165) is 17.9 Å². The Bertz CT molecular complexity index is 285. The van der Waals surface area contributed by atoms with E-state index in [4.69, 9.17) is 4.74 Å². The lowest BCUT2D eigenvalue weighted by Gasteiger charge is -2.17. The normalized spacial score (nSPS) is 12.5. The molecule has 0 aliphatic carbocycles. The van der Waals surface area contributed by atoms with Crippen LogP contribution < -0.4 is 4.90 Å². The van der Waals surface area contributed by atoms with Crippen LogP contribution in [0.2, 0.25) is 0 Å². The summed E-state index contributed by atoms with van der Waals surface area (Å²) in [5.41, 5.74) is 0.832. The molecule has 1 aromatic heterocycles. The van der Waals surface area contributed by atoms with Crippen molar-refractivity contribution >= 4 is 5.82 Å². The molecule has 0 radical (unpaired) electrons. The van der Waals surface area contributed by atoms with Gasteiger partial charge in [0.15, 0.2) is 0 Å². The van der Waals surface area contributed by atoms with Gasteiger partial charge in [0, 0.05) is 26.9 Å². The molecule has 1 atom stereocenters. The highest BCUT2D eigenvalue weighted by atomic mass is 16.5. The molecule has 4 heteroatoms. The number of anilines is 1. The van der Waals surface area contributed by atoms with E-state index in [1.165, 1.54) is 0 Å². The minimum Gasteiger partial charge on any atom is -0.389 e. The lowest BCUT2D eigenvalue weighted by Crippen LogP contribution is -2.22. The SMILES string of the molecule is COCCN(C)c1ccc([C@@H](C)O)cn1. The number of aliphatic hydroxyl groups excluding tert-OH is 1. The molecular formula is C11H18N2O2. The summed E-state index contributed by atoms with van der Waals surface area (Å²) >= 11 is 0. The molecule has 1 heterocycles. The Labute approximate surface area is 90.5 Å². The van der Waals surface area contributed by atoms with E-state index >= 15 is 0 Å². The molecule has 0 spiro atoms. The van der Waals surface area contributed by atoms with Crippen LogP contribution in [0.5, 0.6) is 0 Å². The summed E-state index contributed by atoms with van der Waals surface area (Å²) in [6.45, 7) is 3.21. The molecule has 0 bridgehead atoms. The Balaban J connectivity index is 2.62. The molecule has 0 aromatic carbocycles. The highest BCUT2D eigenvalue weighted by Gasteiger charge is 2.04. The topological polar surface area (TPSA) is 45.6 Å². The maximum Gasteiger partial charge on any atom is 0.128 e. The van der Waals surface area contributed by atoms with Gasteiger partial charge < -0.3 is 14.7 Å². The molecular weight excluding hydrogens is 192 g/mol. The number of nitrogens with zero attached hydrogens (tertiary/aromatic N) is 2. The smallest absolute Gasteiger partial charge is 0.128 e. The Kier molecular flexibility index (Phi) is 4.52. The van der Waals surface area contributed by atoms with E-state index < -0.39 is 6.10 Å². The molecule has 0 saturated carbocycles. The average molecular weight is 210 g/mol. The summed E-state index contributed by atoms with van der Waals surface area (Å²) < 4.78 is 4.99. The van der Waals surface area contributed by atoms with Crippen molar-refractivity contribution in [2.75, 3.05) is 32.2 Å². The van der Waals surface area contributed by atoms with Gasteiger partial charge in [0.1, 0.15) is 5.82 Å². The molecule has 4 nitrogen and oxygen atoms in total. The van der Waals surface area contributed by atoms with Gasteiger partial charge >= 0.3 is 0 Å². The molecule has 1 aromatic rings. The molecule has 0 saturated heterocycles. The Hall–Kier alpha value is -1.13. The maximum absolute atomic E-state index is 9.32. The van der Waals surface area contributed by atoms with E-state index in [9.17, 15) is 5.11 Å². The van der Waals surface area contributed by atoms with Crippen LogP contribution in [-0.4, -0.2) is 37.4 Å². The van der Waals surface area contributed by atoms with E-state index in [-0.39, 0.29) is 0 Å². The van der Waals surface area contributed by atoms with Crippen molar-refractivity contribution in [3.05, 3.63) is 23.9 Å². The van der Waals surface area contributed by atoms with Crippen molar-refractivity contribution in [3.63, 3.8) is 0 Å². The second kappa shape index (κ2) is 5.68. The van der Waals surface area contributed by atoms with Crippen molar-refractivity contribution in [1.29, 1.82) is 0 Å². The number of ether oxygens (including phenoxy) is 1. The summed E-state index contributed by atoms with van der Waals surface area (Å²) in [7, 11) is 3.64. The van der Waals surface area contributed by atoms with E-state index in [1.807, 2.05) is 24.1 Å². The lowest BCUT2D eigenvalue weighted by molar-refractivity contribution is 0.199. The summed E-state index contributed by atoms with van der Waals surface area (Å²) in [5.74, 6) is 0.886. The molecule has 0 aliphatic rings. The van der Waals surface area contributed by atoms with Crippen molar-refractivity contribution < 1.29 is 9.84 Å². The predicted molar refractivity (Wildman–Crippen MR) is 60.0 cm³/mol. The van der Waals surface area contributed by atoms with Gasteiger partial charge in [0.2, 0.25) is 0 Å². The zero-order valence-corrected chi connectivity index (χ0v) is 9.47. The zero-order chi connectivity index (χ0) is 11.3. The molecule has 1 rings (SSSR count). The van der Waals surface area contributed by atoms with Crippen LogP contribution in [-0.2, 0) is 4.74 Å². The highest BCUT2D eigenvalue weighted by molar-refractivity contribution is 5.38. The van der Waals surface area contributed by atoms with Crippen molar-refractivity contribution in [3.8, 4) is 0 Å². The summed E-state index contributed by atoms with van der Waals surface area (Å²) in [4.78, 5) is 6.27. The van der Waals surface area contributed by atoms with Crippen LogP contribution in [0, 0.1) is 0 Å². The van der Waals surface area contributed by atoms with Crippen LogP contribution >= 0.6 is 0 Å². The highest BCUT2D eigenvalue weighted by Crippen LogP contribution is 2.14. The number of hydrogen-bond donors (Lipinski definition) is 1. The van der Waals surface area contributed by atoms with Crippen LogP contribution in [0.25, 0.3) is 0 Å². The fourth-order valence-electron chi connectivity index (χ4n) is 1.21. The standard InChI is InChI=1S/C11H18N2O2/c1-9(14)10-4-5-11(12-8-10)13(2)6-7-15-3/h4-5,8-9,14H,6-7H2,1-3H3/t9-/m1/s1. The lowest BCUT2D eigenvalue weighted by atomic mass is 10.2. The third kappa shape index (κ3) is 3.49. The van der Waals surface area contributed by atoms with Crippen molar-refractivity contribution in [1.82, 2.24) is 4.98 Å². The van der Waals surface area contributed by atoms with Gasteiger partial charge in [0.05, 0.1) is 12.7 Å². The number of pyridine rings is 1. The Morgan fingerprint density at radius 3 is 2.73 bits per heavy atom. The molecule has 15 heavy (non-hydrogen) atoms. The van der Waals surface area contributed by atoms with E-state index in [1.54, 1.807) is 20.2 Å². The first-order valence-electron chi connectivity index (χ1n) is 4.99. The van der Waals surface area contributed by atoms with Gasteiger partial charge in [-0.05, 0) is 18.6 Å². The van der Waals surface area contributed by atoms with Crippen molar-refractivity contribution in [2.45, 2.75) is 13.0 Å². The van der Waals surface area contributed by atoms with Crippen molar-refractivity contribution in [2.24, 2.45) is 0 Å². The number of rotatable bonds is 5. The first-order chi connectivity index (χ1) is 7.15. The van der Waals surface area contributed by atoms with Gasteiger partial charge in [0.25, 0.3) is 0 Å². The number of likely N-dealkylation sites (N-methyl/N-ethyl adjacent to an activating group) is 1. The molecule has 1 N–H and O–H groups in total. The van der Waals surface area contributed by atoms with Gasteiger partial charge in [-0.1, -0.05) is 6.07 Å². The number of methoxy groups -OCH3 is 1. The molecule has 84 valence electrons. The second-order valence-electron chi connectivity index (χ2n) is 3.54. The number of hydrogen-bond acceptors (Lipinski definition) is 4. The van der Waals surface area contributed by atoms with Gasteiger partial charge in [-0.3, -0.25) is 0 Å². The second-order valence-corrected chi connectivity index (χ2v) is 3.54. The van der Waals surface area contributed by atoms with Crippen LogP contribution in [0.4, 0.5) is 5.82 Å². The molecule has 0 fully saturated rings. The summed E-state index contributed by atoms with van der Waals surface area (Å²) in [6, 6.07) is 3.79. The third-order valence-corrected chi connectivity index (χ3v) is 2.28. The quantitative estimate of drug-likeness (QED) is 0.793. The third-order valence-electron chi connectivity index (χ3n) is 2.28. The zero-order valence-electron chi connectivity index (χ0n) is 9.47. The fraction of sp³-hybridized carbons (Fsp3) is 0.545. The number of aromatic nitrogens is 1. The first kappa shape index (κ1) is 11.9. The number of aliphatic hydroxyl groups is 1. The van der Waals surface area contributed by atoms with Gasteiger partial charge in [-0.15, -0.1) is 0 Å². The van der Waals surface area contributed by atoms with Crippen LogP contribution in [0.3, 0.4) is 0 Å². The minimum atomic E-state index is -0.462. The predicted octanol–water partition coefficient (Wildman–Crippen LogP) is 1.22. The molecule has 0 aliphatic heterocycles. The van der Waals surface area contributed by atoms with Gasteiger partial charge in [-0.2, -0.15) is 0 Å². The molecule has 0 unspecified atom stereocenters. The monoisotopic (exact) mass is 210 g/mol. The fourth-order valence-corrected chi connectivity index (χ4v) is 1.21. The minimum absolute atomic E-state index is 0.462. The Morgan fingerprint density at radius 2 is 2.27 bits per heavy atom. The average Bonchev–Trinajstić information content (AvgIpc) is 2.26. The Morgan fingerprint density at radius 1 is 1.53 bits per heavy atom. The largest absolute Gasteiger partial charge is 0.389 e. The van der Waals surface area contributed by atoms with E-state index in [0.29, 0.717) is 6.61 Å². The first-order valence-corrected chi connectivity index (χ1v) is 4.99. The maximum atomic E-state index is 9.32.